The van der Waals surface area contributed by atoms with Crippen LogP contribution in [0.2, 0.25) is 0 Å². The molecule has 0 N–H and O–H groups in total. The number of piperazine rings is 1. The predicted molar refractivity (Wildman–Crippen MR) is 106 cm³/mol. The minimum absolute atomic E-state index is 0.0326. The van der Waals surface area contributed by atoms with Crippen LogP contribution in [0.15, 0.2) is 50.4 Å². The summed E-state index contributed by atoms with van der Waals surface area (Å²) in [5, 5.41) is 0. The van der Waals surface area contributed by atoms with Crippen molar-refractivity contribution in [1.29, 1.82) is 0 Å². The minimum Gasteiger partial charge on any atom is -0.444 e. The van der Waals surface area contributed by atoms with Gasteiger partial charge in [-0.1, -0.05) is 32.9 Å². The average molecular weight is 455 g/mol. The first-order valence-electron chi connectivity index (χ1n) is 8.74. The number of halogens is 1. The van der Waals surface area contributed by atoms with Crippen molar-refractivity contribution in [2.75, 3.05) is 26.2 Å². The summed E-state index contributed by atoms with van der Waals surface area (Å²) in [5.74, 6) is 0.0169. The lowest BCUT2D eigenvalue weighted by Gasteiger charge is -2.33. The van der Waals surface area contributed by atoms with Gasteiger partial charge in [0.2, 0.25) is 10.0 Å². The third-order valence-corrected chi connectivity index (χ3v) is 7.01. The van der Waals surface area contributed by atoms with Crippen molar-refractivity contribution in [2.45, 2.75) is 31.1 Å². The van der Waals surface area contributed by atoms with Gasteiger partial charge in [-0.25, -0.2) is 8.42 Å². The Morgan fingerprint density at radius 1 is 1.00 bits per heavy atom. The number of sulfonamides is 1. The molecular weight excluding hydrogens is 432 g/mol. The summed E-state index contributed by atoms with van der Waals surface area (Å²) in [6, 6.07) is 10.3. The third kappa shape index (κ3) is 4.28. The maximum absolute atomic E-state index is 12.9. The normalized spacial score (nSPS) is 16.5. The molecule has 27 heavy (non-hydrogen) atoms. The number of carbonyl (C=O) groups is 1. The fourth-order valence-corrected chi connectivity index (χ4v) is 4.72. The molecular formula is C19H23BrN2O4S. The summed E-state index contributed by atoms with van der Waals surface area (Å²) in [6.45, 7) is 7.44. The van der Waals surface area contributed by atoms with Gasteiger partial charge >= 0.3 is 0 Å². The zero-order chi connectivity index (χ0) is 19.8. The smallest absolute Gasteiger partial charge is 0.289 e. The Kier molecular flexibility index (Phi) is 5.52. The van der Waals surface area contributed by atoms with E-state index in [1.807, 2.05) is 12.1 Å². The van der Waals surface area contributed by atoms with Crippen molar-refractivity contribution in [3.8, 4) is 0 Å². The summed E-state index contributed by atoms with van der Waals surface area (Å²) in [6.07, 6.45) is 0. The predicted octanol–water partition coefficient (Wildman–Crippen LogP) is 3.49. The van der Waals surface area contributed by atoms with E-state index in [9.17, 15) is 13.2 Å². The Hall–Kier alpha value is -1.64. The molecule has 0 saturated carbocycles. The summed E-state index contributed by atoms with van der Waals surface area (Å²) in [5.41, 5.74) is 1.05. The van der Waals surface area contributed by atoms with Gasteiger partial charge < -0.3 is 9.32 Å². The highest BCUT2D eigenvalue weighted by atomic mass is 79.9. The second kappa shape index (κ2) is 7.41. The molecule has 0 spiro atoms. The largest absolute Gasteiger partial charge is 0.444 e. The van der Waals surface area contributed by atoms with Crippen molar-refractivity contribution < 1.29 is 17.6 Å². The van der Waals surface area contributed by atoms with Gasteiger partial charge in [-0.05, 0) is 51.2 Å². The molecule has 6 nitrogen and oxygen atoms in total. The molecule has 0 radical (unpaired) electrons. The Labute approximate surface area is 168 Å². The minimum atomic E-state index is -3.57. The molecule has 0 bridgehead atoms. The SMILES string of the molecule is CC(C)(C)c1ccc(S(=O)(=O)N2CCN(C(=O)c3ccc(Br)o3)CC2)cc1. The van der Waals surface area contributed by atoms with Crippen LogP contribution in [0.5, 0.6) is 0 Å². The van der Waals surface area contributed by atoms with Crippen molar-refractivity contribution in [1.82, 2.24) is 9.21 Å². The van der Waals surface area contributed by atoms with E-state index < -0.39 is 10.0 Å². The molecule has 1 aromatic heterocycles. The first-order valence-corrected chi connectivity index (χ1v) is 11.0. The Bertz CT molecular complexity index is 921. The maximum atomic E-state index is 12.9. The highest BCUT2D eigenvalue weighted by molar-refractivity contribution is 9.10. The quantitative estimate of drug-likeness (QED) is 0.711. The first kappa shape index (κ1) is 20.1. The third-order valence-electron chi connectivity index (χ3n) is 4.67. The summed E-state index contributed by atoms with van der Waals surface area (Å²) in [4.78, 5) is 14.3. The number of furan rings is 1. The van der Waals surface area contributed by atoms with E-state index in [0.717, 1.165) is 5.56 Å². The van der Waals surface area contributed by atoms with E-state index in [0.29, 0.717) is 17.8 Å². The van der Waals surface area contributed by atoms with Crippen molar-refractivity contribution in [3.63, 3.8) is 0 Å². The molecule has 0 atom stereocenters. The molecule has 1 aliphatic rings. The lowest BCUT2D eigenvalue weighted by Crippen LogP contribution is -2.50. The van der Waals surface area contributed by atoms with Crippen LogP contribution in [-0.2, 0) is 15.4 Å². The molecule has 146 valence electrons. The molecule has 1 aliphatic heterocycles. The Morgan fingerprint density at radius 3 is 2.07 bits per heavy atom. The number of hydrogen-bond donors (Lipinski definition) is 0. The van der Waals surface area contributed by atoms with Crippen LogP contribution in [0, 0.1) is 0 Å². The average Bonchev–Trinajstić information content (AvgIpc) is 3.07. The maximum Gasteiger partial charge on any atom is 0.289 e. The van der Waals surface area contributed by atoms with E-state index in [-0.39, 0.29) is 35.1 Å². The topological polar surface area (TPSA) is 70.8 Å². The molecule has 2 aromatic rings. The number of amides is 1. The van der Waals surface area contributed by atoms with Crippen molar-refractivity contribution >= 4 is 31.9 Å². The van der Waals surface area contributed by atoms with Crippen molar-refractivity contribution in [2.24, 2.45) is 0 Å². The van der Waals surface area contributed by atoms with Gasteiger partial charge in [0.25, 0.3) is 5.91 Å². The van der Waals surface area contributed by atoms with Crippen LogP contribution in [0.1, 0.15) is 36.9 Å². The summed E-state index contributed by atoms with van der Waals surface area (Å²) in [7, 11) is -3.57. The molecule has 2 heterocycles. The number of rotatable bonds is 3. The molecule has 0 aliphatic carbocycles. The van der Waals surface area contributed by atoms with Crippen LogP contribution in [0.25, 0.3) is 0 Å². The lowest BCUT2D eigenvalue weighted by molar-refractivity contribution is 0.0664. The van der Waals surface area contributed by atoms with Gasteiger partial charge in [0.15, 0.2) is 10.4 Å². The van der Waals surface area contributed by atoms with E-state index in [1.165, 1.54) is 4.31 Å². The van der Waals surface area contributed by atoms with E-state index in [1.54, 1.807) is 29.2 Å². The fraction of sp³-hybridized carbons (Fsp3) is 0.421. The monoisotopic (exact) mass is 454 g/mol. The first-order chi connectivity index (χ1) is 12.6. The molecule has 1 saturated heterocycles. The van der Waals surface area contributed by atoms with Gasteiger partial charge in [0.1, 0.15) is 0 Å². The Balaban J connectivity index is 1.68. The standard InChI is InChI=1S/C19H23BrN2O4S/c1-19(2,3)14-4-6-15(7-5-14)27(24,25)22-12-10-21(11-13-22)18(23)16-8-9-17(20)26-16/h4-9H,10-13H2,1-3H3. The lowest BCUT2D eigenvalue weighted by atomic mass is 9.87. The molecule has 1 aromatic carbocycles. The number of hydrogen-bond acceptors (Lipinski definition) is 4. The molecule has 1 fully saturated rings. The van der Waals surface area contributed by atoms with E-state index in [2.05, 4.69) is 36.7 Å². The highest BCUT2D eigenvalue weighted by Crippen LogP contribution is 2.25. The van der Waals surface area contributed by atoms with Crippen LogP contribution >= 0.6 is 15.9 Å². The molecule has 8 heteroatoms. The highest BCUT2D eigenvalue weighted by Gasteiger charge is 2.31. The van der Waals surface area contributed by atoms with E-state index >= 15 is 0 Å². The van der Waals surface area contributed by atoms with Gasteiger partial charge in [-0.15, -0.1) is 0 Å². The Morgan fingerprint density at radius 2 is 1.59 bits per heavy atom. The van der Waals surface area contributed by atoms with Crippen molar-refractivity contribution in [3.05, 3.63) is 52.4 Å². The summed E-state index contributed by atoms with van der Waals surface area (Å²) >= 11 is 3.18. The van der Waals surface area contributed by atoms with Gasteiger partial charge in [-0.2, -0.15) is 4.31 Å². The molecule has 1 amide bonds. The molecule has 3 rings (SSSR count). The zero-order valence-corrected chi connectivity index (χ0v) is 18.0. The summed E-state index contributed by atoms with van der Waals surface area (Å²) < 4.78 is 33.0. The van der Waals surface area contributed by atoms with Crippen LogP contribution in [0.3, 0.4) is 0 Å². The molecule has 0 unspecified atom stereocenters. The van der Waals surface area contributed by atoms with Crippen LogP contribution < -0.4 is 0 Å². The van der Waals surface area contributed by atoms with Crippen LogP contribution in [-0.4, -0.2) is 49.7 Å². The van der Waals surface area contributed by atoms with Gasteiger partial charge in [0, 0.05) is 26.2 Å². The number of carbonyl (C=O) groups excluding carboxylic acids is 1. The number of benzene rings is 1. The fourth-order valence-electron chi connectivity index (χ4n) is 2.99. The van der Waals surface area contributed by atoms with Crippen LogP contribution in [0.4, 0.5) is 0 Å². The second-order valence-electron chi connectivity index (χ2n) is 7.57. The zero-order valence-electron chi connectivity index (χ0n) is 15.6. The number of nitrogens with zero attached hydrogens (tertiary/aromatic N) is 2. The van der Waals surface area contributed by atoms with Gasteiger partial charge in [0.05, 0.1) is 4.90 Å². The van der Waals surface area contributed by atoms with E-state index in [4.69, 9.17) is 4.42 Å². The second-order valence-corrected chi connectivity index (χ2v) is 10.3. The van der Waals surface area contributed by atoms with Gasteiger partial charge in [-0.3, -0.25) is 4.79 Å².